The number of aromatic nitrogens is 2. The van der Waals surface area contributed by atoms with Crippen LogP contribution in [-0.4, -0.2) is 32.6 Å². The van der Waals surface area contributed by atoms with Crippen LogP contribution in [0.2, 0.25) is 0 Å². The molecule has 0 bridgehead atoms. The maximum atomic E-state index is 13.8. The number of carbonyl (C=O) groups excluding carboxylic acids is 2. The molecule has 0 spiro atoms. The standard InChI is InChI=1S/C34H29FN4O3/c1-21(2)42-28-14-15-29(22(3)16-28)32-25(20-39(37-32)27-8-6-5-7-9-27)17-30-23(4)31(18-36)34(41)38(33(30)40)19-24-10-12-26(35)13-11-24/h5-17,20-21H,19H2,1-4H3/b30-17+. The third-order valence-electron chi connectivity index (χ3n) is 6.97. The van der Waals surface area contributed by atoms with E-state index >= 15 is 0 Å². The fourth-order valence-electron chi connectivity index (χ4n) is 4.86. The van der Waals surface area contributed by atoms with Crippen molar-refractivity contribution in [3.05, 3.63) is 118 Å². The predicted molar refractivity (Wildman–Crippen MR) is 158 cm³/mol. The first kappa shape index (κ1) is 28.2. The number of nitrogens with zero attached hydrogens (tertiary/aromatic N) is 4. The number of aryl methyl sites for hydroxylation is 1. The number of hydrogen-bond acceptors (Lipinski definition) is 5. The van der Waals surface area contributed by atoms with E-state index in [4.69, 9.17) is 9.84 Å². The fourth-order valence-corrected chi connectivity index (χ4v) is 4.86. The van der Waals surface area contributed by atoms with Gasteiger partial charge in [0.2, 0.25) is 0 Å². The summed E-state index contributed by atoms with van der Waals surface area (Å²) in [5.74, 6) is -0.912. The van der Waals surface area contributed by atoms with Gasteiger partial charge in [-0.15, -0.1) is 0 Å². The summed E-state index contributed by atoms with van der Waals surface area (Å²) >= 11 is 0. The second kappa shape index (κ2) is 11.7. The van der Waals surface area contributed by atoms with E-state index in [9.17, 15) is 19.2 Å². The molecular formula is C34H29FN4O3. The fraction of sp³-hybridized carbons (Fsp3) is 0.176. The molecule has 42 heavy (non-hydrogen) atoms. The minimum Gasteiger partial charge on any atom is -0.491 e. The summed E-state index contributed by atoms with van der Waals surface area (Å²) in [6, 6.07) is 22.9. The zero-order chi connectivity index (χ0) is 30.0. The van der Waals surface area contributed by atoms with Gasteiger partial charge < -0.3 is 4.74 Å². The quantitative estimate of drug-likeness (QED) is 0.189. The van der Waals surface area contributed by atoms with Crippen LogP contribution in [0.15, 0.2) is 95.7 Å². The Morgan fingerprint density at radius 1 is 1.00 bits per heavy atom. The molecule has 0 atom stereocenters. The summed E-state index contributed by atoms with van der Waals surface area (Å²) in [5, 5.41) is 14.8. The molecule has 0 aliphatic carbocycles. The van der Waals surface area contributed by atoms with Gasteiger partial charge in [-0.3, -0.25) is 14.5 Å². The highest BCUT2D eigenvalue weighted by molar-refractivity contribution is 6.19. The molecule has 7 nitrogen and oxygen atoms in total. The van der Waals surface area contributed by atoms with E-state index in [-0.39, 0.29) is 23.8 Å². The SMILES string of the molecule is CC1=C(C#N)C(=O)N(Cc2ccc(F)cc2)C(=O)/C1=C/c1cn(-c2ccccc2)nc1-c1ccc(OC(C)C)cc1C. The normalized spacial score (nSPS) is 14.6. The van der Waals surface area contributed by atoms with Crippen LogP contribution in [0.25, 0.3) is 23.0 Å². The van der Waals surface area contributed by atoms with Crippen molar-refractivity contribution < 1.29 is 18.7 Å². The summed E-state index contributed by atoms with van der Waals surface area (Å²) in [6.07, 6.45) is 3.52. The van der Waals surface area contributed by atoms with Gasteiger partial charge in [0, 0.05) is 22.9 Å². The lowest BCUT2D eigenvalue weighted by Gasteiger charge is -2.27. The number of rotatable bonds is 7. The van der Waals surface area contributed by atoms with E-state index in [0.29, 0.717) is 22.4 Å². The maximum Gasteiger partial charge on any atom is 0.271 e. The van der Waals surface area contributed by atoms with Crippen molar-refractivity contribution in [2.75, 3.05) is 0 Å². The minimum absolute atomic E-state index is 0.0230. The van der Waals surface area contributed by atoms with Crippen molar-refractivity contribution in [1.29, 1.82) is 5.26 Å². The van der Waals surface area contributed by atoms with Gasteiger partial charge in [0.25, 0.3) is 11.8 Å². The van der Waals surface area contributed by atoms with Crippen LogP contribution in [0, 0.1) is 24.1 Å². The molecule has 2 heterocycles. The lowest BCUT2D eigenvalue weighted by molar-refractivity contribution is -0.141. The Morgan fingerprint density at radius 2 is 1.71 bits per heavy atom. The molecule has 1 aliphatic heterocycles. The first-order chi connectivity index (χ1) is 20.2. The molecule has 5 rings (SSSR count). The summed E-state index contributed by atoms with van der Waals surface area (Å²) in [7, 11) is 0. The molecule has 4 aromatic rings. The molecule has 1 aromatic heterocycles. The average molecular weight is 561 g/mol. The van der Waals surface area contributed by atoms with Crippen molar-refractivity contribution in [3.63, 3.8) is 0 Å². The highest BCUT2D eigenvalue weighted by atomic mass is 19.1. The number of benzene rings is 3. The first-order valence-corrected chi connectivity index (χ1v) is 13.5. The smallest absolute Gasteiger partial charge is 0.271 e. The molecule has 0 fully saturated rings. The van der Waals surface area contributed by atoms with Crippen molar-refractivity contribution in [2.45, 2.75) is 40.3 Å². The lowest BCUT2D eigenvalue weighted by Crippen LogP contribution is -2.42. The van der Waals surface area contributed by atoms with Gasteiger partial charge in [-0.1, -0.05) is 30.3 Å². The van der Waals surface area contributed by atoms with E-state index in [0.717, 1.165) is 27.5 Å². The van der Waals surface area contributed by atoms with Crippen LogP contribution in [0.1, 0.15) is 37.5 Å². The van der Waals surface area contributed by atoms with Gasteiger partial charge in [0.15, 0.2) is 0 Å². The zero-order valence-corrected chi connectivity index (χ0v) is 23.8. The van der Waals surface area contributed by atoms with Crippen LogP contribution < -0.4 is 4.74 Å². The highest BCUT2D eigenvalue weighted by Gasteiger charge is 2.35. The van der Waals surface area contributed by atoms with Crippen molar-refractivity contribution >= 4 is 17.9 Å². The van der Waals surface area contributed by atoms with E-state index in [1.54, 1.807) is 17.7 Å². The van der Waals surface area contributed by atoms with Gasteiger partial charge in [0.1, 0.15) is 28.9 Å². The van der Waals surface area contributed by atoms with E-state index in [1.165, 1.54) is 24.3 Å². The number of para-hydroxylation sites is 1. The topological polar surface area (TPSA) is 88.2 Å². The molecule has 0 N–H and O–H groups in total. The molecule has 8 heteroatoms. The third-order valence-corrected chi connectivity index (χ3v) is 6.97. The molecule has 1 aliphatic rings. The molecule has 3 aromatic carbocycles. The van der Waals surface area contributed by atoms with E-state index < -0.39 is 17.6 Å². The maximum absolute atomic E-state index is 13.8. The van der Waals surface area contributed by atoms with E-state index in [1.807, 2.05) is 81.6 Å². The minimum atomic E-state index is -0.682. The predicted octanol–water partition coefficient (Wildman–Crippen LogP) is 6.57. The Labute approximate surface area is 243 Å². The lowest BCUT2D eigenvalue weighted by atomic mass is 9.92. The summed E-state index contributed by atoms with van der Waals surface area (Å²) in [4.78, 5) is 28.0. The van der Waals surface area contributed by atoms with Crippen molar-refractivity contribution in [1.82, 2.24) is 14.7 Å². The van der Waals surface area contributed by atoms with Gasteiger partial charge in [-0.2, -0.15) is 10.4 Å². The largest absolute Gasteiger partial charge is 0.491 e. The number of ether oxygens (including phenoxy) is 1. The van der Waals surface area contributed by atoms with Crippen LogP contribution in [-0.2, 0) is 16.1 Å². The average Bonchev–Trinajstić information content (AvgIpc) is 3.38. The second-order valence-electron chi connectivity index (χ2n) is 10.3. The van der Waals surface area contributed by atoms with Gasteiger partial charge >= 0.3 is 0 Å². The van der Waals surface area contributed by atoms with Crippen molar-refractivity contribution in [2.24, 2.45) is 0 Å². The molecular weight excluding hydrogens is 531 g/mol. The number of halogens is 1. The first-order valence-electron chi connectivity index (χ1n) is 13.5. The Kier molecular flexibility index (Phi) is 7.85. The molecule has 0 radical (unpaired) electrons. The summed E-state index contributed by atoms with van der Waals surface area (Å²) < 4.78 is 21.1. The zero-order valence-electron chi connectivity index (χ0n) is 23.8. The Morgan fingerprint density at radius 3 is 2.36 bits per heavy atom. The number of carbonyl (C=O) groups is 2. The summed E-state index contributed by atoms with van der Waals surface area (Å²) in [6.45, 7) is 7.40. The second-order valence-corrected chi connectivity index (χ2v) is 10.3. The highest BCUT2D eigenvalue weighted by Crippen LogP contribution is 2.34. The van der Waals surface area contributed by atoms with Gasteiger partial charge in [-0.05, 0) is 92.9 Å². The molecule has 0 unspecified atom stereocenters. The monoisotopic (exact) mass is 560 g/mol. The third kappa shape index (κ3) is 5.63. The Hall–Kier alpha value is -5.29. The number of imide groups is 1. The van der Waals surface area contributed by atoms with Gasteiger partial charge in [0.05, 0.1) is 18.3 Å². The molecule has 2 amide bonds. The molecule has 210 valence electrons. The summed E-state index contributed by atoms with van der Waals surface area (Å²) in [5.41, 5.74) is 4.80. The van der Waals surface area contributed by atoms with Crippen molar-refractivity contribution in [3.8, 4) is 28.8 Å². The Balaban J connectivity index is 1.64. The van der Waals surface area contributed by atoms with E-state index in [2.05, 4.69) is 0 Å². The number of amides is 2. The number of hydrogen-bond donors (Lipinski definition) is 0. The number of nitriles is 1. The van der Waals surface area contributed by atoms with Crippen LogP contribution in [0.3, 0.4) is 0 Å². The molecule has 0 saturated heterocycles. The van der Waals surface area contributed by atoms with Crippen LogP contribution in [0.4, 0.5) is 4.39 Å². The van der Waals surface area contributed by atoms with Gasteiger partial charge in [-0.25, -0.2) is 9.07 Å². The van der Waals surface area contributed by atoms with Crippen LogP contribution >= 0.6 is 0 Å². The Bertz CT molecular complexity index is 1780. The molecule has 0 saturated carbocycles. The van der Waals surface area contributed by atoms with Crippen LogP contribution in [0.5, 0.6) is 5.75 Å².